The summed E-state index contributed by atoms with van der Waals surface area (Å²) in [5, 5.41) is 0. The monoisotopic (exact) mass is 255 g/mol. The van der Waals surface area contributed by atoms with Crippen molar-refractivity contribution in [2.75, 3.05) is 6.61 Å². The molecule has 1 fully saturated rings. The topological polar surface area (TPSA) is 35.2 Å². The van der Waals surface area contributed by atoms with E-state index in [1.165, 1.54) is 6.07 Å². The van der Waals surface area contributed by atoms with E-state index in [0.29, 0.717) is 18.6 Å². The van der Waals surface area contributed by atoms with E-state index >= 15 is 0 Å². The van der Waals surface area contributed by atoms with Crippen LogP contribution >= 0.6 is 0 Å². The van der Waals surface area contributed by atoms with E-state index in [1.54, 1.807) is 0 Å². The zero-order valence-corrected chi connectivity index (χ0v) is 10.5. The first-order valence-electron chi connectivity index (χ1n) is 6.43. The first kappa shape index (κ1) is 13.4. The van der Waals surface area contributed by atoms with E-state index in [9.17, 15) is 8.78 Å². The molecule has 3 unspecified atom stereocenters. The lowest BCUT2D eigenvalue weighted by atomic mass is 9.88. The Balaban J connectivity index is 2.06. The van der Waals surface area contributed by atoms with Crippen molar-refractivity contribution in [1.82, 2.24) is 0 Å². The maximum atomic E-state index is 13.5. The highest BCUT2D eigenvalue weighted by Gasteiger charge is 2.32. The molecule has 0 radical (unpaired) electrons. The summed E-state index contributed by atoms with van der Waals surface area (Å²) in [4.78, 5) is 0. The Hall–Kier alpha value is -1.00. The van der Waals surface area contributed by atoms with Crippen LogP contribution in [0.2, 0.25) is 0 Å². The zero-order chi connectivity index (χ0) is 13.1. The van der Waals surface area contributed by atoms with E-state index in [-0.39, 0.29) is 23.9 Å². The van der Waals surface area contributed by atoms with Gasteiger partial charge in [0.2, 0.25) is 0 Å². The van der Waals surface area contributed by atoms with Crippen LogP contribution in [0.1, 0.15) is 25.3 Å². The standard InChI is InChI=1S/C14H19F2NO/c1-2-14-11(5-6-18-14)13(17)8-9-7-10(15)3-4-12(9)16/h3-4,7,11,13-14H,2,5-6,8,17H2,1H3. The van der Waals surface area contributed by atoms with E-state index in [4.69, 9.17) is 10.5 Å². The van der Waals surface area contributed by atoms with Crippen LogP contribution < -0.4 is 5.73 Å². The molecule has 100 valence electrons. The molecular formula is C14H19F2NO. The average molecular weight is 255 g/mol. The normalized spacial score (nSPS) is 25.3. The Morgan fingerprint density at radius 2 is 2.22 bits per heavy atom. The molecule has 4 heteroatoms. The fraction of sp³-hybridized carbons (Fsp3) is 0.571. The van der Waals surface area contributed by atoms with E-state index in [1.807, 2.05) is 0 Å². The quantitative estimate of drug-likeness (QED) is 0.897. The predicted octanol–water partition coefficient (Wildman–Crippen LogP) is 2.65. The van der Waals surface area contributed by atoms with Gasteiger partial charge in [0.15, 0.2) is 0 Å². The average Bonchev–Trinajstić information content (AvgIpc) is 2.82. The largest absolute Gasteiger partial charge is 0.378 e. The minimum Gasteiger partial charge on any atom is -0.378 e. The second-order valence-electron chi connectivity index (χ2n) is 4.87. The number of nitrogens with two attached hydrogens (primary N) is 1. The predicted molar refractivity (Wildman–Crippen MR) is 66.2 cm³/mol. The molecule has 0 bridgehead atoms. The summed E-state index contributed by atoms with van der Waals surface area (Å²) in [6, 6.07) is 3.32. The highest BCUT2D eigenvalue weighted by Crippen LogP contribution is 2.27. The smallest absolute Gasteiger partial charge is 0.126 e. The number of hydrogen-bond acceptors (Lipinski definition) is 2. The van der Waals surface area contributed by atoms with Gasteiger partial charge in [0.1, 0.15) is 11.6 Å². The van der Waals surface area contributed by atoms with Crippen LogP contribution in [0.15, 0.2) is 18.2 Å². The van der Waals surface area contributed by atoms with Crippen LogP contribution in [0.5, 0.6) is 0 Å². The molecule has 0 amide bonds. The van der Waals surface area contributed by atoms with Crippen LogP contribution in [-0.2, 0) is 11.2 Å². The highest BCUT2D eigenvalue weighted by atomic mass is 19.1. The zero-order valence-electron chi connectivity index (χ0n) is 10.5. The maximum Gasteiger partial charge on any atom is 0.126 e. The molecule has 1 aromatic rings. The van der Waals surface area contributed by atoms with Crippen molar-refractivity contribution in [2.24, 2.45) is 11.7 Å². The molecule has 18 heavy (non-hydrogen) atoms. The molecule has 3 atom stereocenters. The van der Waals surface area contributed by atoms with Crippen molar-refractivity contribution in [2.45, 2.75) is 38.3 Å². The first-order chi connectivity index (χ1) is 8.61. The van der Waals surface area contributed by atoms with Crippen molar-refractivity contribution < 1.29 is 13.5 Å². The summed E-state index contributed by atoms with van der Waals surface area (Å²) >= 11 is 0. The van der Waals surface area contributed by atoms with Crippen molar-refractivity contribution in [3.05, 3.63) is 35.4 Å². The van der Waals surface area contributed by atoms with Gasteiger partial charge in [-0.3, -0.25) is 0 Å². The third-order valence-corrected chi connectivity index (χ3v) is 3.68. The Labute approximate surface area is 106 Å². The molecule has 1 aromatic carbocycles. The highest BCUT2D eigenvalue weighted by molar-refractivity contribution is 5.20. The van der Waals surface area contributed by atoms with Gasteiger partial charge in [-0.2, -0.15) is 0 Å². The van der Waals surface area contributed by atoms with Gasteiger partial charge in [-0.05, 0) is 43.0 Å². The first-order valence-corrected chi connectivity index (χ1v) is 6.43. The number of benzene rings is 1. The van der Waals surface area contributed by atoms with E-state index < -0.39 is 5.82 Å². The number of halogens is 2. The van der Waals surface area contributed by atoms with Gasteiger partial charge in [0.05, 0.1) is 6.10 Å². The van der Waals surface area contributed by atoms with Crippen molar-refractivity contribution in [3.8, 4) is 0 Å². The summed E-state index contributed by atoms with van der Waals surface area (Å²) in [6.45, 7) is 2.76. The van der Waals surface area contributed by atoms with Crippen LogP contribution in [0.25, 0.3) is 0 Å². The molecule has 0 aromatic heterocycles. The Morgan fingerprint density at radius 3 is 2.94 bits per heavy atom. The third-order valence-electron chi connectivity index (χ3n) is 3.68. The molecule has 1 saturated heterocycles. The van der Waals surface area contributed by atoms with Crippen molar-refractivity contribution in [1.29, 1.82) is 0 Å². The minimum absolute atomic E-state index is 0.150. The van der Waals surface area contributed by atoms with Crippen molar-refractivity contribution in [3.63, 3.8) is 0 Å². The van der Waals surface area contributed by atoms with Gasteiger partial charge in [-0.25, -0.2) is 8.78 Å². The maximum absolute atomic E-state index is 13.5. The van der Waals surface area contributed by atoms with Gasteiger partial charge >= 0.3 is 0 Å². The number of rotatable bonds is 4. The number of ether oxygens (including phenoxy) is 1. The molecule has 1 aliphatic rings. The van der Waals surface area contributed by atoms with Crippen LogP contribution in [0.4, 0.5) is 8.78 Å². The lowest BCUT2D eigenvalue weighted by Crippen LogP contribution is -2.37. The second-order valence-corrected chi connectivity index (χ2v) is 4.87. The Morgan fingerprint density at radius 1 is 1.44 bits per heavy atom. The van der Waals surface area contributed by atoms with Crippen LogP contribution in [0.3, 0.4) is 0 Å². The van der Waals surface area contributed by atoms with Crippen molar-refractivity contribution >= 4 is 0 Å². The minimum atomic E-state index is -0.423. The lowest BCUT2D eigenvalue weighted by Gasteiger charge is -2.23. The van der Waals surface area contributed by atoms with Gasteiger partial charge in [-0.1, -0.05) is 6.92 Å². The van der Waals surface area contributed by atoms with Crippen LogP contribution in [-0.4, -0.2) is 18.8 Å². The number of hydrogen-bond donors (Lipinski definition) is 1. The molecule has 1 heterocycles. The molecule has 2 N–H and O–H groups in total. The van der Waals surface area contributed by atoms with Gasteiger partial charge in [0.25, 0.3) is 0 Å². The molecule has 2 rings (SSSR count). The SMILES string of the molecule is CCC1OCCC1C(N)Cc1cc(F)ccc1F. The van der Waals surface area contributed by atoms with E-state index in [0.717, 1.165) is 25.0 Å². The summed E-state index contributed by atoms with van der Waals surface area (Å²) in [6.07, 6.45) is 2.31. The van der Waals surface area contributed by atoms with Gasteiger partial charge in [0, 0.05) is 18.6 Å². The molecule has 1 aliphatic heterocycles. The summed E-state index contributed by atoms with van der Waals surface area (Å²) in [5.74, 6) is -0.579. The summed E-state index contributed by atoms with van der Waals surface area (Å²) in [5.41, 5.74) is 6.48. The summed E-state index contributed by atoms with van der Waals surface area (Å²) in [7, 11) is 0. The van der Waals surface area contributed by atoms with Gasteiger partial charge < -0.3 is 10.5 Å². The third kappa shape index (κ3) is 2.87. The molecule has 2 nitrogen and oxygen atoms in total. The molecule has 0 spiro atoms. The van der Waals surface area contributed by atoms with Crippen LogP contribution in [0, 0.1) is 17.6 Å². The fourth-order valence-corrected chi connectivity index (χ4v) is 2.68. The second kappa shape index (κ2) is 5.76. The Bertz CT molecular complexity index is 411. The summed E-state index contributed by atoms with van der Waals surface area (Å²) < 4.78 is 32.2. The Kier molecular flexibility index (Phi) is 4.30. The fourth-order valence-electron chi connectivity index (χ4n) is 2.68. The molecule has 0 saturated carbocycles. The lowest BCUT2D eigenvalue weighted by molar-refractivity contribution is 0.0813. The molecular weight excluding hydrogens is 236 g/mol. The van der Waals surface area contributed by atoms with E-state index in [2.05, 4.69) is 6.92 Å². The van der Waals surface area contributed by atoms with Gasteiger partial charge in [-0.15, -0.1) is 0 Å². The molecule has 0 aliphatic carbocycles.